The van der Waals surface area contributed by atoms with Crippen LogP contribution in [0.2, 0.25) is 0 Å². The van der Waals surface area contributed by atoms with E-state index in [-0.39, 0.29) is 36.4 Å². The zero-order chi connectivity index (χ0) is 19.6. The first-order valence-electron chi connectivity index (χ1n) is 8.86. The molecule has 0 bridgehead atoms. The Morgan fingerprint density at radius 1 is 1.14 bits per heavy atom. The summed E-state index contributed by atoms with van der Waals surface area (Å²) >= 11 is 1.66. The SMILES string of the molecule is CCNC(=NCC(=O)NCc1ccc(OC)cc1)NCc1sc(C)nc1C.I. The lowest BCUT2D eigenvalue weighted by Crippen LogP contribution is -2.38. The predicted octanol–water partition coefficient (Wildman–Crippen LogP) is 2.76. The van der Waals surface area contributed by atoms with Crippen molar-refractivity contribution in [3.8, 4) is 5.75 Å². The van der Waals surface area contributed by atoms with Crippen molar-refractivity contribution in [3.05, 3.63) is 45.4 Å². The average Bonchev–Trinajstić information content (AvgIpc) is 2.99. The summed E-state index contributed by atoms with van der Waals surface area (Å²) in [6, 6.07) is 7.59. The van der Waals surface area contributed by atoms with Crippen molar-refractivity contribution >= 4 is 47.2 Å². The molecule has 0 radical (unpaired) electrons. The van der Waals surface area contributed by atoms with Gasteiger partial charge in [0.25, 0.3) is 0 Å². The number of nitrogens with one attached hydrogen (secondary N) is 3. The maximum atomic E-state index is 12.1. The summed E-state index contributed by atoms with van der Waals surface area (Å²) in [4.78, 5) is 22.0. The molecule has 154 valence electrons. The number of aliphatic imine (C=N–C) groups is 1. The van der Waals surface area contributed by atoms with Crippen molar-refractivity contribution in [2.75, 3.05) is 20.2 Å². The zero-order valence-electron chi connectivity index (χ0n) is 16.7. The molecule has 9 heteroatoms. The summed E-state index contributed by atoms with van der Waals surface area (Å²) in [7, 11) is 1.63. The van der Waals surface area contributed by atoms with Crippen molar-refractivity contribution in [1.82, 2.24) is 20.9 Å². The summed E-state index contributed by atoms with van der Waals surface area (Å²) < 4.78 is 5.12. The molecule has 2 aromatic rings. The van der Waals surface area contributed by atoms with E-state index in [9.17, 15) is 4.79 Å². The van der Waals surface area contributed by atoms with Crippen LogP contribution in [0.4, 0.5) is 0 Å². The van der Waals surface area contributed by atoms with E-state index in [0.717, 1.165) is 28.6 Å². The lowest BCUT2D eigenvalue weighted by Gasteiger charge is -2.11. The highest BCUT2D eigenvalue weighted by atomic mass is 127. The van der Waals surface area contributed by atoms with Gasteiger partial charge in [0.1, 0.15) is 12.3 Å². The van der Waals surface area contributed by atoms with Crippen LogP contribution in [0.1, 0.15) is 28.1 Å². The Bertz CT molecular complexity index is 777. The minimum atomic E-state index is -0.132. The number of methoxy groups -OCH3 is 1. The number of ether oxygens (including phenoxy) is 1. The van der Waals surface area contributed by atoms with E-state index >= 15 is 0 Å². The maximum Gasteiger partial charge on any atom is 0.242 e. The highest BCUT2D eigenvalue weighted by Crippen LogP contribution is 2.16. The number of carbonyl (C=O) groups is 1. The Morgan fingerprint density at radius 2 is 1.86 bits per heavy atom. The molecule has 0 spiro atoms. The standard InChI is InChI=1S/C19H27N5O2S.HI/c1-5-20-19(22-11-17-13(2)24-14(3)27-17)23-12-18(25)21-10-15-6-8-16(26-4)9-7-15;/h6-9H,5,10-12H2,1-4H3,(H,21,25)(H2,20,22,23);1H. The van der Waals surface area contributed by atoms with Gasteiger partial charge in [-0.05, 0) is 38.5 Å². The molecule has 1 aromatic carbocycles. The van der Waals surface area contributed by atoms with E-state index in [1.54, 1.807) is 18.4 Å². The molecule has 0 aliphatic heterocycles. The van der Waals surface area contributed by atoms with Gasteiger partial charge in [0.2, 0.25) is 5.91 Å². The third-order valence-electron chi connectivity index (χ3n) is 3.79. The normalized spacial score (nSPS) is 10.8. The topological polar surface area (TPSA) is 87.6 Å². The van der Waals surface area contributed by atoms with E-state index in [2.05, 4.69) is 25.9 Å². The summed E-state index contributed by atoms with van der Waals surface area (Å²) in [6.45, 7) is 7.86. The molecule has 0 aliphatic rings. The zero-order valence-corrected chi connectivity index (χ0v) is 19.8. The lowest BCUT2D eigenvalue weighted by molar-refractivity contribution is -0.119. The number of rotatable bonds is 8. The largest absolute Gasteiger partial charge is 0.497 e. The van der Waals surface area contributed by atoms with E-state index in [1.165, 1.54) is 4.88 Å². The third-order valence-corrected chi connectivity index (χ3v) is 4.86. The number of aromatic nitrogens is 1. The van der Waals surface area contributed by atoms with Crippen LogP contribution in [0.15, 0.2) is 29.3 Å². The number of guanidine groups is 1. The second-order valence-corrected chi connectivity index (χ2v) is 7.20. The van der Waals surface area contributed by atoms with E-state index in [1.807, 2.05) is 45.0 Å². The Kier molecular flexibility index (Phi) is 10.8. The van der Waals surface area contributed by atoms with E-state index in [0.29, 0.717) is 19.0 Å². The second kappa shape index (κ2) is 12.6. The number of halogens is 1. The summed E-state index contributed by atoms with van der Waals surface area (Å²) in [5.74, 6) is 1.28. The van der Waals surface area contributed by atoms with Gasteiger partial charge in [-0.2, -0.15) is 0 Å². The molecule has 0 aliphatic carbocycles. The van der Waals surface area contributed by atoms with Gasteiger partial charge in [0.05, 0.1) is 24.4 Å². The number of aryl methyl sites for hydroxylation is 2. The molecule has 7 nitrogen and oxygen atoms in total. The number of thiazole rings is 1. The summed E-state index contributed by atoms with van der Waals surface area (Å²) in [5.41, 5.74) is 2.03. The van der Waals surface area contributed by atoms with Crippen molar-refractivity contribution in [3.63, 3.8) is 0 Å². The summed E-state index contributed by atoms with van der Waals surface area (Å²) in [6.07, 6.45) is 0. The van der Waals surface area contributed by atoms with Gasteiger partial charge in [-0.25, -0.2) is 9.98 Å². The lowest BCUT2D eigenvalue weighted by atomic mass is 10.2. The highest BCUT2D eigenvalue weighted by molar-refractivity contribution is 14.0. The van der Waals surface area contributed by atoms with Crippen LogP contribution in [0.5, 0.6) is 5.75 Å². The van der Waals surface area contributed by atoms with Crippen LogP contribution in [0.3, 0.4) is 0 Å². The maximum absolute atomic E-state index is 12.1. The Balaban J connectivity index is 0.00000392. The number of amides is 1. The number of carbonyl (C=O) groups excluding carboxylic acids is 1. The van der Waals surface area contributed by atoms with Crippen LogP contribution in [0, 0.1) is 13.8 Å². The van der Waals surface area contributed by atoms with Crippen molar-refractivity contribution in [2.45, 2.75) is 33.9 Å². The molecule has 1 amide bonds. The number of hydrogen-bond acceptors (Lipinski definition) is 5. The molecular formula is C19H28IN5O2S. The third kappa shape index (κ3) is 8.01. The number of benzene rings is 1. The van der Waals surface area contributed by atoms with Gasteiger partial charge in [-0.1, -0.05) is 12.1 Å². The minimum absolute atomic E-state index is 0. The highest BCUT2D eigenvalue weighted by Gasteiger charge is 2.07. The Morgan fingerprint density at radius 3 is 2.43 bits per heavy atom. The fraction of sp³-hybridized carbons (Fsp3) is 0.421. The van der Waals surface area contributed by atoms with E-state index in [4.69, 9.17) is 4.74 Å². The number of nitrogens with zero attached hydrogens (tertiary/aromatic N) is 2. The van der Waals surface area contributed by atoms with Gasteiger partial charge in [-0.3, -0.25) is 4.79 Å². The number of hydrogen-bond donors (Lipinski definition) is 3. The van der Waals surface area contributed by atoms with Gasteiger partial charge in [0.15, 0.2) is 5.96 Å². The minimum Gasteiger partial charge on any atom is -0.497 e. The fourth-order valence-electron chi connectivity index (χ4n) is 2.39. The molecule has 1 aromatic heterocycles. The molecular weight excluding hydrogens is 489 g/mol. The average molecular weight is 517 g/mol. The molecule has 3 N–H and O–H groups in total. The molecule has 0 unspecified atom stereocenters. The van der Waals surface area contributed by atoms with Crippen molar-refractivity contribution in [1.29, 1.82) is 0 Å². The van der Waals surface area contributed by atoms with Crippen LogP contribution in [-0.4, -0.2) is 37.1 Å². The van der Waals surface area contributed by atoms with E-state index < -0.39 is 0 Å². The molecule has 0 saturated carbocycles. The monoisotopic (exact) mass is 517 g/mol. The first-order valence-corrected chi connectivity index (χ1v) is 9.68. The Hall–Kier alpha value is -1.88. The smallest absolute Gasteiger partial charge is 0.242 e. The molecule has 28 heavy (non-hydrogen) atoms. The Labute approximate surface area is 187 Å². The molecule has 0 atom stereocenters. The van der Waals surface area contributed by atoms with Crippen LogP contribution >= 0.6 is 35.3 Å². The van der Waals surface area contributed by atoms with Crippen molar-refractivity contribution < 1.29 is 9.53 Å². The summed E-state index contributed by atoms with van der Waals surface area (Å²) in [5, 5.41) is 10.3. The van der Waals surface area contributed by atoms with Crippen LogP contribution < -0.4 is 20.7 Å². The quantitative estimate of drug-likeness (QED) is 0.285. The fourth-order valence-corrected chi connectivity index (χ4v) is 3.27. The van der Waals surface area contributed by atoms with Crippen LogP contribution in [-0.2, 0) is 17.9 Å². The van der Waals surface area contributed by atoms with Crippen molar-refractivity contribution in [2.24, 2.45) is 4.99 Å². The molecule has 1 heterocycles. The van der Waals surface area contributed by atoms with Gasteiger partial charge >= 0.3 is 0 Å². The molecule has 2 rings (SSSR count). The molecule has 0 fully saturated rings. The second-order valence-electron chi connectivity index (χ2n) is 5.91. The molecule has 0 saturated heterocycles. The predicted molar refractivity (Wildman–Crippen MR) is 125 cm³/mol. The first-order chi connectivity index (χ1) is 13.0. The first kappa shape index (κ1) is 24.2. The van der Waals surface area contributed by atoms with Gasteiger partial charge in [0, 0.05) is 18.0 Å². The van der Waals surface area contributed by atoms with Crippen LogP contribution in [0.25, 0.3) is 0 Å². The van der Waals surface area contributed by atoms with Gasteiger partial charge in [-0.15, -0.1) is 35.3 Å². The van der Waals surface area contributed by atoms with Gasteiger partial charge < -0.3 is 20.7 Å².